The Morgan fingerprint density at radius 3 is 3.00 bits per heavy atom. The van der Waals surface area contributed by atoms with Gasteiger partial charge >= 0.3 is 0 Å². The molecule has 0 aliphatic carbocycles. The van der Waals surface area contributed by atoms with Crippen molar-refractivity contribution >= 4 is 17.3 Å². The molecule has 16 heavy (non-hydrogen) atoms. The molecule has 0 bridgehead atoms. The highest BCUT2D eigenvalue weighted by Crippen LogP contribution is 2.24. The van der Waals surface area contributed by atoms with E-state index < -0.39 is 0 Å². The number of pyridine rings is 1. The van der Waals surface area contributed by atoms with E-state index in [9.17, 15) is 0 Å². The normalized spacial score (nSPS) is 20.3. The summed E-state index contributed by atoms with van der Waals surface area (Å²) in [6, 6.07) is 3.72. The minimum Gasteiger partial charge on any atom is -0.396 e. The first-order valence-corrected chi connectivity index (χ1v) is 5.46. The summed E-state index contributed by atoms with van der Waals surface area (Å²) in [6.45, 7) is 2.79. The average molecular weight is 222 g/mol. The maximum atomic E-state index is 5.69. The van der Waals surface area contributed by atoms with Crippen molar-refractivity contribution in [2.45, 2.75) is 6.42 Å². The van der Waals surface area contributed by atoms with Crippen LogP contribution in [0.5, 0.6) is 0 Å². The zero-order valence-corrected chi connectivity index (χ0v) is 9.52. The largest absolute Gasteiger partial charge is 0.396 e. The third-order valence-corrected chi connectivity index (χ3v) is 2.95. The molecular weight excluding hydrogens is 204 g/mol. The van der Waals surface area contributed by atoms with Gasteiger partial charge < -0.3 is 21.1 Å². The molecule has 1 aromatic heterocycles. The molecule has 1 saturated heterocycles. The molecule has 0 aromatic carbocycles. The second-order valence-electron chi connectivity index (χ2n) is 4.20. The molecule has 4 N–H and O–H groups in total. The van der Waals surface area contributed by atoms with Gasteiger partial charge in [-0.25, -0.2) is 4.98 Å². The van der Waals surface area contributed by atoms with Crippen LogP contribution in [-0.4, -0.2) is 31.8 Å². The molecule has 2 rings (SSSR count). The SMILES string of the molecule is COCC1CCN(c2ccc(N)c(N)n2)C1. The van der Waals surface area contributed by atoms with Gasteiger partial charge in [0.1, 0.15) is 11.6 Å². The Balaban J connectivity index is 2.05. The number of rotatable bonds is 3. The summed E-state index contributed by atoms with van der Waals surface area (Å²) in [4.78, 5) is 6.51. The van der Waals surface area contributed by atoms with Gasteiger partial charge in [-0.05, 0) is 18.6 Å². The Bertz CT molecular complexity index is 369. The van der Waals surface area contributed by atoms with Crippen molar-refractivity contribution in [1.82, 2.24) is 4.98 Å². The van der Waals surface area contributed by atoms with Crippen LogP contribution in [0.3, 0.4) is 0 Å². The molecule has 1 fully saturated rings. The van der Waals surface area contributed by atoms with Crippen LogP contribution in [0.15, 0.2) is 12.1 Å². The van der Waals surface area contributed by atoms with Crippen LogP contribution in [0.2, 0.25) is 0 Å². The summed E-state index contributed by atoms with van der Waals surface area (Å²) in [5, 5.41) is 0. The maximum Gasteiger partial charge on any atom is 0.149 e. The summed E-state index contributed by atoms with van der Waals surface area (Å²) in [5.41, 5.74) is 11.9. The quantitative estimate of drug-likeness (QED) is 0.788. The number of aromatic nitrogens is 1. The average Bonchev–Trinajstić information content (AvgIpc) is 2.71. The highest BCUT2D eigenvalue weighted by molar-refractivity contribution is 5.62. The summed E-state index contributed by atoms with van der Waals surface area (Å²) < 4.78 is 5.16. The molecular formula is C11H18N4O. The number of nitrogens with zero attached hydrogens (tertiary/aromatic N) is 2. The lowest BCUT2D eigenvalue weighted by molar-refractivity contribution is 0.161. The Hall–Kier alpha value is -1.49. The predicted molar refractivity (Wildman–Crippen MR) is 65.3 cm³/mol. The number of hydrogen-bond donors (Lipinski definition) is 2. The highest BCUT2D eigenvalue weighted by atomic mass is 16.5. The molecule has 1 aliphatic heterocycles. The summed E-state index contributed by atoms with van der Waals surface area (Å²) >= 11 is 0. The van der Waals surface area contributed by atoms with Crippen LogP contribution in [0.4, 0.5) is 17.3 Å². The van der Waals surface area contributed by atoms with Gasteiger partial charge in [0.15, 0.2) is 0 Å². The van der Waals surface area contributed by atoms with E-state index in [-0.39, 0.29) is 0 Å². The van der Waals surface area contributed by atoms with E-state index in [0.29, 0.717) is 17.4 Å². The van der Waals surface area contributed by atoms with Gasteiger partial charge in [0.25, 0.3) is 0 Å². The molecule has 0 amide bonds. The van der Waals surface area contributed by atoms with Crippen molar-refractivity contribution in [1.29, 1.82) is 0 Å². The van der Waals surface area contributed by atoms with E-state index in [2.05, 4.69) is 9.88 Å². The van der Waals surface area contributed by atoms with E-state index in [1.807, 2.05) is 6.07 Å². The zero-order valence-electron chi connectivity index (χ0n) is 9.52. The van der Waals surface area contributed by atoms with Crippen molar-refractivity contribution in [3.05, 3.63) is 12.1 Å². The van der Waals surface area contributed by atoms with Crippen molar-refractivity contribution < 1.29 is 4.74 Å². The van der Waals surface area contributed by atoms with Gasteiger partial charge in [0.05, 0.1) is 12.3 Å². The van der Waals surface area contributed by atoms with Crippen molar-refractivity contribution in [3.63, 3.8) is 0 Å². The van der Waals surface area contributed by atoms with Gasteiger partial charge in [-0.15, -0.1) is 0 Å². The lowest BCUT2D eigenvalue weighted by Gasteiger charge is -2.18. The second kappa shape index (κ2) is 4.57. The number of nitrogens with two attached hydrogens (primary N) is 2. The fraction of sp³-hybridized carbons (Fsp3) is 0.545. The minimum atomic E-state index is 0.410. The first kappa shape index (κ1) is 11.0. The third-order valence-electron chi connectivity index (χ3n) is 2.95. The molecule has 1 aromatic rings. The molecule has 1 unspecified atom stereocenters. The third kappa shape index (κ3) is 2.19. The number of methoxy groups -OCH3 is 1. The fourth-order valence-electron chi connectivity index (χ4n) is 2.06. The molecule has 5 heteroatoms. The number of hydrogen-bond acceptors (Lipinski definition) is 5. The number of nitrogen functional groups attached to an aromatic ring is 2. The van der Waals surface area contributed by atoms with Gasteiger partial charge in [-0.1, -0.05) is 0 Å². The van der Waals surface area contributed by atoms with Crippen LogP contribution in [-0.2, 0) is 4.74 Å². The van der Waals surface area contributed by atoms with Crippen LogP contribution in [0, 0.1) is 5.92 Å². The van der Waals surface area contributed by atoms with Gasteiger partial charge in [-0.3, -0.25) is 0 Å². The van der Waals surface area contributed by atoms with E-state index in [4.69, 9.17) is 16.2 Å². The molecule has 0 saturated carbocycles. The minimum absolute atomic E-state index is 0.410. The number of anilines is 3. The highest BCUT2D eigenvalue weighted by Gasteiger charge is 2.23. The first-order chi connectivity index (χ1) is 7.70. The standard InChI is InChI=1S/C11H18N4O/c1-16-7-8-4-5-15(6-8)10-3-2-9(12)11(13)14-10/h2-3,8H,4-7,12H2,1H3,(H2,13,14). The molecule has 0 spiro atoms. The Kier molecular flexibility index (Phi) is 3.14. The fourth-order valence-corrected chi connectivity index (χ4v) is 2.06. The van der Waals surface area contributed by atoms with Gasteiger partial charge in [0, 0.05) is 26.1 Å². The summed E-state index contributed by atoms with van der Waals surface area (Å²) in [7, 11) is 1.74. The van der Waals surface area contributed by atoms with Crippen molar-refractivity contribution in [3.8, 4) is 0 Å². The van der Waals surface area contributed by atoms with Gasteiger partial charge in [0.2, 0.25) is 0 Å². The van der Waals surface area contributed by atoms with E-state index >= 15 is 0 Å². The molecule has 2 heterocycles. The van der Waals surface area contributed by atoms with Crippen LogP contribution >= 0.6 is 0 Å². The Morgan fingerprint density at radius 1 is 1.50 bits per heavy atom. The van der Waals surface area contributed by atoms with Crippen LogP contribution < -0.4 is 16.4 Å². The predicted octanol–water partition coefficient (Wildman–Crippen LogP) is 0.719. The van der Waals surface area contributed by atoms with E-state index in [0.717, 1.165) is 31.9 Å². The molecule has 5 nitrogen and oxygen atoms in total. The second-order valence-corrected chi connectivity index (χ2v) is 4.20. The van der Waals surface area contributed by atoms with Gasteiger partial charge in [-0.2, -0.15) is 0 Å². The zero-order chi connectivity index (χ0) is 11.5. The molecule has 1 atom stereocenters. The topological polar surface area (TPSA) is 77.4 Å². The van der Waals surface area contributed by atoms with E-state index in [1.165, 1.54) is 0 Å². The molecule has 0 radical (unpaired) electrons. The Labute approximate surface area is 95.4 Å². The summed E-state index contributed by atoms with van der Waals surface area (Å²) in [5.74, 6) is 1.91. The summed E-state index contributed by atoms with van der Waals surface area (Å²) in [6.07, 6.45) is 1.14. The van der Waals surface area contributed by atoms with Crippen molar-refractivity contribution in [2.24, 2.45) is 5.92 Å². The molecule has 88 valence electrons. The van der Waals surface area contributed by atoms with E-state index in [1.54, 1.807) is 13.2 Å². The monoisotopic (exact) mass is 222 g/mol. The van der Waals surface area contributed by atoms with Crippen LogP contribution in [0.25, 0.3) is 0 Å². The first-order valence-electron chi connectivity index (χ1n) is 5.46. The smallest absolute Gasteiger partial charge is 0.149 e. The lowest BCUT2D eigenvalue weighted by Crippen LogP contribution is -2.22. The Morgan fingerprint density at radius 2 is 2.31 bits per heavy atom. The number of ether oxygens (including phenoxy) is 1. The van der Waals surface area contributed by atoms with Crippen molar-refractivity contribution in [2.75, 3.05) is 43.2 Å². The maximum absolute atomic E-state index is 5.69. The lowest BCUT2D eigenvalue weighted by atomic mass is 10.1. The van der Waals surface area contributed by atoms with Crippen LogP contribution in [0.1, 0.15) is 6.42 Å². The molecule has 1 aliphatic rings.